The molecule has 0 aliphatic carbocycles. The molecule has 0 aromatic carbocycles. The number of rotatable bonds is 5. The van der Waals surface area contributed by atoms with Gasteiger partial charge in [-0.2, -0.15) is 17.6 Å². The van der Waals surface area contributed by atoms with Crippen molar-refractivity contribution in [2.75, 3.05) is 0 Å². The molecule has 0 aromatic rings. The van der Waals surface area contributed by atoms with E-state index in [0.29, 0.717) is 0 Å². The van der Waals surface area contributed by atoms with Gasteiger partial charge in [-0.3, -0.25) is 0 Å². The third-order valence-electron chi connectivity index (χ3n) is 1.56. The highest BCUT2D eigenvalue weighted by atomic mass is 19.3. The summed E-state index contributed by atoms with van der Waals surface area (Å²) in [5, 5.41) is 0. The minimum atomic E-state index is -5.47. The lowest BCUT2D eigenvalue weighted by molar-refractivity contribution is -0.206. The molecule has 0 aliphatic heterocycles. The van der Waals surface area contributed by atoms with Gasteiger partial charge in [0.2, 0.25) is 12.3 Å². The van der Waals surface area contributed by atoms with Crippen molar-refractivity contribution >= 4 is 0 Å². The molecule has 0 aliphatic rings. The SMILES string of the molecule is C=CC(F)(F)C(F)C(F)C(F)(F)C(F)F. The van der Waals surface area contributed by atoms with Gasteiger partial charge in [-0.05, 0) is 6.08 Å². The lowest BCUT2D eigenvalue weighted by Gasteiger charge is -2.25. The highest BCUT2D eigenvalue weighted by Crippen LogP contribution is 2.37. The molecule has 0 aromatic heterocycles. The standard InChI is InChI=1S/C7H6F8/c1-2-6(12,13)3(8)4(9)7(14,15)5(10)11/h2-5H,1H2. The lowest BCUT2D eigenvalue weighted by atomic mass is 10.0. The van der Waals surface area contributed by atoms with Gasteiger partial charge in [0.1, 0.15) is 0 Å². The summed E-state index contributed by atoms with van der Waals surface area (Å²) in [6.45, 7) is 2.37. The first-order valence-corrected chi connectivity index (χ1v) is 3.53. The summed E-state index contributed by atoms with van der Waals surface area (Å²) in [5.74, 6) is -10.1. The lowest BCUT2D eigenvalue weighted by Crippen LogP contribution is -2.49. The van der Waals surface area contributed by atoms with Gasteiger partial charge in [-0.1, -0.05) is 6.58 Å². The van der Waals surface area contributed by atoms with E-state index in [1.165, 1.54) is 0 Å². The molecule has 0 spiro atoms. The van der Waals surface area contributed by atoms with Crippen LogP contribution in [0.15, 0.2) is 12.7 Å². The Kier molecular flexibility index (Phi) is 4.12. The second-order valence-electron chi connectivity index (χ2n) is 2.66. The van der Waals surface area contributed by atoms with Crippen molar-refractivity contribution in [3.05, 3.63) is 12.7 Å². The number of alkyl halides is 8. The molecule has 0 saturated carbocycles. The molecule has 2 unspecified atom stereocenters. The maximum atomic E-state index is 12.4. The predicted molar refractivity (Wildman–Crippen MR) is 35.9 cm³/mol. The van der Waals surface area contributed by atoms with Crippen LogP contribution in [0.4, 0.5) is 35.1 Å². The zero-order valence-electron chi connectivity index (χ0n) is 7.04. The monoisotopic (exact) mass is 242 g/mol. The summed E-state index contributed by atoms with van der Waals surface area (Å²) in [6, 6.07) is 0. The van der Waals surface area contributed by atoms with Gasteiger partial charge in [-0.25, -0.2) is 17.6 Å². The topological polar surface area (TPSA) is 0 Å². The van der Waals surface area contributed by atoms with Crippen LogP contribution in [0, 0.1) is 0 Å². The van der Waals surface area contributed by atoms with E-state index in [1.54, 1.807) is 0 Å². The fourth-order valence-corrected chi connectivity index (χ4v) is 0.623. The second-order valence-corrected chi connectivity index (χ2v) is 2.66. The van der Waals surface area contributed by atoms with Crippen LogP contribution in [0.3, 0.4) is 0 Å². The average molecular weight is 242 g/mol. The largest absolute Gasteiger partial charge is 0.340 e. The second kappa shape index (κ2) is 4.36. The number of allylic oxidation sites excluding steroid dienone is 1. The van der Waals surface area contributed by atoms with Crippen LogP contribution in [-0.2, 0) is 0 Å². The van der Waals surface area contributed by atoms with Crippen LogP contribution < -0.4 is 0 Å². The van der Waals surface area contributed by atoms with Gasteiger partial charge >= 0.3 is 12.3 Å². The van der Waals surface area contributed by atoms with E-state index in [1.807, 2.05) is 0 Å². The normalized spacial score (nSPS) is 17.7. The van der Waals surface area contributed by atoms with Crippen LogP contribution in [0.25, 0.3) is 0 Å². The highest BCUT2D eigenvalue weighted by molar-refractivity contribution is 5.00. The highest BCUT2D eigenvalue weighted by Gasteiger charge is 2.59. The van der Waals surface area contributed by atoms with Crippen LogP contribution in [0.1, 0.15) is 0 Å². The van der Waals surface area contributed by atoms with Gasteiger partial charge in [0, 0.05) is 0 Å². The first kappa shape index (κ1) is 14.2. The zero-order valence-corrected chi connectivity index (χ0v) is 7.04. The van der Waals surface area contributed by atoms with Gasteiger partial charge in [0.25, 0.3) is 5.92 Å². The van der Waals surface area contributed by atoms with Crippen molar-refractivity contribution in [3.8, 4) is 0 Å². The van der Waals surface area contributed by atoms with Crippen molar-refractivity contribution < 1.29 is 35.1 Å². The number of hydrogen-bond acceptors (Lipinski definition) is 0. The van der Waals surface area contributed by atoms with E-state index >= 15 is 0 Å². The Morgan fingerprint density at radius 2 is 1.27 bits per heavy atom. The molecule has 2 atom stereocenters. The van der Waals surface area contributed by atoms with Gasteiger partial charge in [0.15, 0.2) is 0 Å². The van der Waals surface area contributed by atoms with E-state index < -0.39 is 36.7 Å². The predicted octanol–water partition coefficient (Wildman–Crippen LogP) is 3.38. The molecule has 0 radical (unpaired) electrons. The molecule has 90 valence electrons. The quantitative estimate of drug-likeness (QED) is 0.512. The Balaban J connectivity index is 4.86. The molecule has 0 rings (SSSR count). The first-order valence-electron chi connectivity index (χ1n) is 3.53. The Labute approximate surface area is 79.6 Å². The van der Waals surface area contributed by atoms with Crippen molar-refractivity contribution in [2.24, 2.45) is 0 Å². The van der Waals surface area contributed by atoms with Crippen LogP contribution >= 0.6 is 0 Å². The van der Waals surface area contributed by atoms with Gasteiger partial charge < -0.3 is 0 Å². The Morgan fingerprint density at radius 1 is 0.867 bits per heavy atom. The molecular weight excluding hydrogens is 236 g/mol. The summed E-state index contributed by atoms with van der Waals surface area (Å²) in [6.07, 6.45) is -13.4. The maximum Gasteiger partial charge on any atom is 0.340 e. The summed E-state index contributed by atoms with van der Waals surface area (Å²) >= 11 is 0. The summed E-state index contributed by atoms with van der Waals surface area (Å²) < 4.78 is 96.6. The van der Waals surface area contributed by atoms with E-state index in [9.17, 15) is 35.1 Å². The third-order valence-corrected chi connectivity index (χ3v) is 1.56. The molecule has 0 bridgehead atoms. The third kappa shape index (κ3) is 2.82. The molecule has 8 heteroatoms. The molecular formula is C7H6F8. The van der Waals surface area contributed by atoms with E-state index in [-0.39, 0.29) is 0 Å². The van der Waals surface area contributed by atoms with Crippen LogP contribution in [-0.4, -0.2) is 30.6 Å². The van der Waals surface area contributed by atoms with E-state index in [2.05, 4.69) is 6.58 Å². The average Bonchev–Trinajstić information content (AvgIpc) is 2.15. The van der Waals surface area contributed by atoms with Crippen molar-refractivity contribution in [1.29, 1.82) is 0 Å². The molecule has 0 N–H and O–H groups in total. The van der Waals surface area contributed by atoms with E-state index in [0.717, 1.165) is 0 Å². The van der Waals surface area contributed by atoms with Crippen LogP contribution in [0.5, 0.6) is 0 Å². The zero-order chi connectivity index (χ0) is 12.4. The fraction of sp³-hybridized carbons (Fsp3) is 0.714. The molecule has 0 fully saturated rings. The number of hydrogen-bond donors (Lipinski definition) is 0. The Bertz CT molecular complexity index is 223. The van der Waals surface area contributed by atoms with E-state index in [4.69, 9.17) is 0 Å². The molecule has 15 heavy (non-hydrogen) atoms. The van der Waals surface area contributed by atoms with Crippen molar-refractivity contribution in [2.45, 2.75) is 30.6 Å². The molecule has 0 saturated heterocycles. The summed E-state index contributed by atoms with van der Waals surface area (Å²) in [5.41, 5.74) is 0. The Morgan fingerprint density at radius 3 is 1.53 bits per heavy atom. The maximum absolute atomic E-state index is 12.4. The summed E-state index contributed by atoms with van der Waals surface area (Å²) in [4.78, 5) is 0. The summed E-state index contributed by atoms with van der Waals surface area (Å²) in [7, 11) is 0. The fourth-order valence-electron chi connectivity index (χ4n) is 0.623. The smallest absolute Gasteiger partial charge is 0.237 e. The minimum absolute atomic E-state index is 0.425. The molecule has 0 amide bonds. The first-order chi connectivity index (χ1) is 6.57. The molecule has 0 nitrogen and oxygen atoms in total. The van der Waals surface area contributed by atoms with Crippen LogP contribution in [0.2, 0.25) is 0 Å². The molecule has 0 heterocycles. The van der Waals surface area contributed by atoms with Crippen molar-refractivity contribution in [1.82, 2.24) is 0 Å². The Hall–Kier alpha value is -0.820. The van der Waals surface area contributed by atoms with Gasteiger partial charge in [0.05, 0.1) is 0 Å². The van der Waals surface area contributed by atoms with Gasteiger partial charge in [-0.15, -0.1) is 0 Å². The number of halogens is 8. The minimum Gasteiger partial charge on any atom is -0.237 e. The van der Waals surface area contributed by atoms with Crippen molar-refractivity contribution in [3.63, 3.8) is 0 Å².